The largest absolute Gasteiger partial charge is 0.381 e. The third-order valence-corrected chi connectivity index (χ3v) is 2.84. The van der Waals surface area contributed by atoms with Crippen LogP contribution in [0.15, 0.2) is 12.3 Å². The summed E-state index contributed by atoms with van der Waals surface area (Å²) in [5.74, 6) is 0.807. The van der Waals surface area contributed by atoms with Crippen LogP contribution < -0.4 is 5.32 Å². The first-order valence-corrected chi connectivity index (χ1v) is 7.12. The number of hydrogen-bond donors (Lipinski definition) is 1. The first kappa shape index (κ1) is 15.4. The molecule has 1 N–H and O–H groups in total. The number of carbonyl (C=O) groups is 1. The molecule has 0 aromatic carbocycles. The van der Waals surface area contributed by atoms with Gasteiger partial charge in [-0.15, -0.1) is 5.10 Å². The van der Waals surface area contributed by atoms with Gasteiger partial charge in [-0.25, -0.2) is 9.50 Å². The zero-order valence-electron chi connectivity index (χ0n) is 12.7. The summed E-state index contributed by atoms with van der Waals surface area (Å²) in [6.07, 6.45) is 2.41. The van der Waals surface area contributed by atoms with Crippen molar-refractivity contribution in [1.82, 2.24) is 24.9 Å². The molecule has 1 amide bonds. The van der Waals surface area contributed by atoms with Crippen molar-refractivity contribution in [2.24, 2.45) is 5.92 Å². The van der Waals surface area contributed by atoms with Gasteiger partial charge in [0.25, 0.3) is 11.7 Å². The summed E-state index contributed by atoms with van der Waals surface area (Å²) in [4.78, 5) is 20.1. The topological polar surface area (TPSA) is 81.4 Å². The summed E-state index contributed by atoms with van der Waals surface area (Å²) in [6, 6.07) is 1.81. The van der Waals surface area contributed by atoms with Gasteiger partial charge < -0.3 is 10.1 Å². The van der Waals surface area contributed by atoms with Crippen LogP contribution >= 0.6 is 0 Å². The number of hydrogen-bond acceptors (Lipinski definition) is 5. The average Bonchev–Trinajstić information content (AvgIpc) is 2.87. The molecule has 0 unspecified atom stereocenters. The Bertz CT molecular complexity index is 608. The van der Waals surface area contributed by atoms with Gasteiger partial charge in [0, 0.05) is 31.6 Å². The fourth-order valence-electron chi connectivity index (χ4n) is 1.78. The third-order valence-electron chi connectivity index (χ3n) is 2.84. The first-order chi connectivity index (χ1) is 10.1. The summed E-state index contributed by atoms with van der Waals surface area (Å²) in [5.41, 5.74) is 0.883. The second-order valence-electron chi connectivity index (χ2n) is 5.31. The second-order valence-corrected chi connectivity index (χ2v) is 5.31. The van der Waals surface area contributed by atoms with Gasteiger partial charge in [-0.05, 0) is 25.3 Å². The van der Waals surface area contributed by atoms with Gasteiger partial charge in [0.2, 0.25) is 5.82 Å². The molecular formula is C14H21N5O2. The van der Waals surface area contributed by atoms with E-state index in [4.69, 9.17) is 4.74 Å². The lowest BCUT2D eigenvalue weighted by molar-refractivity contribution is 0.0916. The lowest BCUT2D eigenvalue weighted by atomic mass is 10.2. The van der Waals surface area contributed by atoms with Gasteiger partial charge in [0.05, 0.1) is 0 Å². The third kappa shape index (κ3) is 4.22. The predicted octanol–water partition coefficient (Wildman–Crippen LogP) is 1.23. The van der Waals surface area contributed by atoms with E-state index in [1.165, 1.54) is 0 Å². The van der Waals surface area contributed by atoms with E-state index in [1.54, 1.807) is 10.7 Å². The van der Waals surface area contributed by atoms with Crippen LogP contribution in [-0.4, -0.2) is 45.2 Å². The van der Waals surface area contributed by atoms with Crippen LogP contribution in [0.3, 0.4) is 0 Å². The monoisotopic (exact) mass is 291 g/mol. The highest BCUT2D eigenvalue weighted by Gasteiger charge is 2.13. The molecule has 0 saturated carbocycles. The van der Waals surface area contributed by atoms with Crippen molar-refractivity contribution < 1.29 is 9.53 Å². The average molecular weight is 291 g/mol. The number of fused-ring (bicyclic) bond motifs is 1. The van der Waals surface area contributed by atoms with Crippen molar-refractivity contribution in [1.29, 1.82) is 0 Å². The van der Waals surface area contributed by atoms with Crippen LogP contribution in [0.4, 0.5) is 0 Å². The zero-order chi connectivity index (χ0) is 15.2. The summed E-state index contributed by atoms with van der Waals surface area (Å²) in [5, 5.41) is 6.93. The summed E-state index contributed by atoms with van der Waals surface area (Å²) < 4.78 is 7.01. The highest BCUT2D eigenvalue weighted by Crippen LogP contribution is 2.01. The molecule has 2 aromatic rings. The van der Waals surface area contributed by atoms with Gasteiger partial charge in [-0.2, -0.15) is 4.98 Å². The molecule has 2 aromatic heterocycles. The standard InChI is InChI=1S/C14H21N5O2/c1-10(2)9-21-8-4-6-15-13(20)12-17-14-16-7-5-11(3)19(14)18-12/h5,7,10H,4,6,8-9H2,1-3H3,(H,15,20). The number of amides is 1. The molecule has 0 atom stereocenters. The Morgan fingerprint density at radius 2 is 2.29 bits per heavy atom. The van der Waals surface area contributed by atoms with Crippen LogP contribution in [0, 0.1) is 12.8 Å². The molecule has 2 rings (SSSR count). The summed E-state index contributed by atoms with van der Waals surface area (Å²) in [6.45, 7) is 8.01. The maximum Gasteiger partial charge on any atom is 0.291 e. The Labute approximate surface area is 123 Å². The van der Waals surface area contributed by atoms with E-state index in [9.17, 15) is 4.79 Å². The van der Waals surface area contributed by atoms with E-state index in [2.05, 4.69) is 34.2 Å². The molecule has 0 aliphatic heterocycles. The minimum absolute atomic E-state index is 0.139. The number of ether oxygens (including phenoxy) is 1. The Morgan fingerprint density at radius 1 is 1.48 bits per heavy atom. The second kappa shape index (κ2) is 7.12. The smallest absolute Gasteiger partial charge is 0.291 e. The molecule has 0 aliphatic carbocycles. The SMILES string of the molecule is Cc1ccnc2nc(C(=O)NCCCOCC(C)C)nn12. The van der Waals surface area contributed by atoms with Gasteiger partial charge in [0.15, 0.2) is 0 Å². The van der Waals surface area contributed by atoms with Crippen LogP contribution in [0.1, 0.15) is 36.6 Å². The van der Waals surface area contributed by atoms with E-state index in [0.29, 0.717) is 24.8 Å². The Balaban J connectivity index is 1.81. The van der Waals surface area contributed by atoms with Gasteiger partial charge in [0.1, 0.15) is 0 Å². The minimum atomic E-state index is -0.288. The normalized spacial score (nSPS) is 11.2. The molecule has 0 saturated heterocycles. The molecule has 7 heteroatoms. The maximum atomic E-state index is 11.9. The Hall–Kier alpha value is -2.02. The van der Waals surface area contributed by atoms with Gasteiger partial charge in [-0.3, -0.25) is 4.79 Å². The molecule has 21 heavy (non-hydrogen) atoms. The van der Waals surface area contributed by atoms with Crippen LogP contribution in [0.25, 0.3) is 5.78 Å². The minimum Gasteiger partial charge on any atom is -0.381 e. The zero-order valence-corrected chi connectivity index (χ0v) is 12.7. The van der Waals surface area contributed by atoms with Crippen LogP contribution in [0.5, 0.6) is 0 Å². The van der Waals surface area contributed by atoms with E-state index >= 15 is 0 Å². The molecule has 114 valence electrons. The highest BCUT2D eigenvalue weighted by atomic mass is 16.5. The Kier molecular flexibility index (Phi) is 5.21. The molecule has 0 bridgehead atoms. The van der Waals surface area contributed by atoms with Crippen molar-refractivity contribution in [2.45, 2.75) is 27.2 Å². The maximum absolute atomic E-state index is 11.9. The van der Waals surface area contributed by atoms with Crippen molar-refractivity contribution in [3.63, 3.8) is 0 Å². The lowest BCUT2D eigenvalue weighted by Crippen LogP contribution is -2.26. The Morgan fingerprint density at radius 3 is 3.00 bits per heavy atom. The number of rotatable bonds is 7. The van der Waals surface area contributed by atoms with E-state index in [1.807, 2.05) is 13.0 Å². The van der Waals surface area contributed by atoms with Crippen molar-refractivity contribution in [3.8, 4) is 0 Å². The number of aromatic nitrogens is 4. The van der Waals surface area contributed by atoms with Crippen molar-refractivity contribution in [2.75, 3.05) is 19.8 Å². The molecule has 7 nitrogen and oxygen atoms in total. The number of nitrogens with one attached hydrogen (secondary N) is 1. The summed E-state index contributed by atoms with van der Waals surface area (Å²) in [7, 11) is 0. The predicted molar refractivity (Wildman–Crippen MR) is 78.1 cm³/mol. The molecule has 0 fully saturated rings. The molecule has 2 heterocycles. The lowest BCUT2D eigenvalue weighted by Gasteiger charge is -2.06. The van der Waals surface area contributed by atoms with Crippen LogP contribution in [-0.2, 0) is 4.74 Å². The fraction of sp³-hybridized carbons (Fsp3) is 0.571. The number of aryl methyl sites for hydroxylation is 1. The number of nitrogens with zero attached hydrogens (tertiary/aromatic N) is 4. The molecule has 0 radical (unpaired) electrons. The van der Waals surface area contributed by atoms with E-state index in [-0.39, 0.29) is 11.7 Å². The highest BCUT2D eigenvalue weighted by molar-refractivity contribution is 5.90. The molecule has 0 spiro atoms. The number of carbonyl (C=O) groups excluding carboxylic acids is 1. The first-order valence-electron chi connectivity index (χ1n) is 7.12. The van der Waals surface area contributed by atoms with Crippen molar-refractivity contribution in [3.05, 3.63) is 23.8 Å². The quantitative estimate of drug-likeness (QED) is 0.776. The molecule has 0 aliphatic rings. The van der Waals surface area contributed by atoms with E-state index in [0.717, 1.165) is 18.7 Å². The van der Waals surface area contributed by atoms with E-state index < -0.39 is 0 Å². The summed E-state index contributed by atoms with van der Waals surface area (Å²) >= 11 is 0. The van der Waals surface area contributed by atoms with Gasteiger partial charge >= 0.3 is 0 Å². The fourth-order valence-corrected chi connectivity index (χ4v) is 1.78. The van der Waals surface area contributed by atoms with Crippen LogP contribution in [0.2, 0.25) is 0 Å². The van der Waals surface area contributed by atoms with Crippen molar-refractivity contribution >= 4 is 11.7 Å². The van der Waals surface area contributed by atoms with Gasteiger partial charge in [-0.1, -0.05) is 13.8 Å². The molecular weight excluding hydrogens is 270 g/mol.